The summed E-state index contributed by atoms with van der Waals surface area (Å²) in [6.45, 7) is 2.85. The van der Waals surface area contributed by atoms with E-state index in [1.165, 1.54) is 35.6 Å². The normalized spacial score (nSPS) is 10.8. The molecule has 0 aliphatic carbocycles. The Labute approximate surface area is 132 Å². The van der Waals surface area contributed by atoms with Crippen molar-refractivity contribution < 1.29 is 15.1 Å². The average Bonchev–Trinajstić information content (AvgIpc) is 2.55. The van der Waals surface area contributed by atoms with Crippen LogP contribution in [-0.4, -0.2) is 5.97 Å². The van der Waals surface area contributed by atoms with Crippen LogP contribution in [0.2, 0.25) is 0 Å². The zero-order chi connectivity index (χ0) is 15.6. The molecular formula is C19H26NO2+2. The predicted octanol–water partition coefficient (Wildman–Crippen LogP) is 3.72. The van der Waals surface area contributed by atoms with Crippen LogP contribution in [0.4, 0.5) is 0 Å². The van der Waals surface area contributed by atoms with Crippen LogP contribution in [0.5, 0.6) is 0 Å². The lowest BCUT2D eigenvalue weighted by atomic mass is 10.1. The highest BCUT2D eigenvalue weighted by Crippen LogP contribution is 2.17. The molecule has 1 radical (unpaired) electrons. The van der Waals surface area contributed by atoms with Gasteiger partial charge in [-0.25, -0.2) is 0 Å². The van der Waals surface area contributed by atoms with Crippen LogP contribution in [0, 0.1) is 0 Å². The first-order valence-corrected chi connectivity index (χ1v) is 8.29. The molecule has 2 aromatic rings. The molecule has 0 saturated heterocycles. The van der Waals surface area contributed by atoms with E-state index in [4.69, 9.17) is 4.84 Å². The summed E-state index contributed by atoms with van der Waals surface area (Å²) in [5, 5.41) is 2.44. The molecule has 2 N–H and O–H groups in total. The second kappa shape index (κ2) is 9.21. The maximum Gasteiger partial charge on any atom is 0.638 e. The number of nitrogens with two attached hydrogens (primary N) is 1. The van der Waals surface area contributed by atoms with Crippen molar-refractivity contribution in [2.75, 3.05) is 0 Å². The van der Waals surface area contributed by atoms with Crippen LogP contribution in [0.15, 0.2) is 42.5 Å². The lowest BCUT2D eigenvalue weighted by Crippen LogP contribution is -2.82. The first-order valence-electron chi connectivity index (χ1n) is 8.29. The lowest BCUT2D eigenvalue weighted by Gasteiger charge is -2.02. The molecule has 0 unspecified atom stereocenters. The highest BCUT2D eigenvalue weighted by atomic mass is 16.7. The van der Waals surface area contributed by atoms with Crippen molar-refractivity contribution in [2.45, 2.75) is 52.0 Å². The van der Waals surface area contributed by atoms with Gasteiger partial charge in [-0.05, 0) is 17.2 Å². The molecule has 0 aliphatic heterocycles. The topological polar surface area (TPSA) is 45.7 Å². The molecule has 2 aromatic carbocycles. The van der Waals surface area contributed by atoms with Gasteiger partial charge in [-0.15, -0.1) is 0 Å². The van der Waals surface area contributed by atoms with E-state index in [-0.39, 0.29) is 5.97 Å². The Morgan fingerprint density at radius 2 is 1.77 bits per heavy atom. The van der Waals surface area contributed by atoms with E-state index in [2.05, 4.69) is 31.2 Å². The standard InChI is InChI=1S/C19H25NO2/c1-2-3-4-5-6-14-19(21)22-20-15-17-12-9-11-16-10-7-8-13-18(16)17/h7-13,20H,2-6,14-15H2,1H3/q+1/p+1. The minimum absolute atomic E-state index is 0.114. The number of carbonyl (C=O) groups is 1. The van der Waals surface area contributed by atoms with Crippen molar-refractivity contribution >= 4 is 16.7 Å². The van der Waals surface area contributed by atoms with Crippen molar-refractivity contribution in [3.05, 3.63) is 48.0 Å². The first kappa shape index (κ1) is 16.5. The Hall–Kier alpha value is -1.87. The Morgan fingerprint density at radius 1 is 1.00 bits per heavy atom. The molecule has 3 heteroatoms. The summed E-state index contributed by atoms with van der Waals surface area (Å²) < 4.78 is 0. The van der Waals surface area contributed by atoms with E-state index in [9.17, 15) is 4.79 Å². The van der Waals surface area contributed by atoms with Gasteiger partial charge in [0.2, 0.25) is 0 Å². The lowest BCUT2D eigenvalue weighted by molar-refractivity contribution is -0.884. The van der Waals surface area contributed by atoms with E-state index in [0.717, 1.165) is 12.8 Å². The summed E-state index contributed by atoms with van der Waals surface area (Å²) in [6.07, 6.45) is 6.26. The number of fused-ring (bicyclic) bond motifs is 1. The van der Waals surface area contributed by atoms with Gasteiger partial charge in [-0.3, -0.25) is 0 Å². The van der Waals surface area contributed by atoms with Gasteiger partial charge in [0.25, 0.3) is 0 Å². The van der Waals surface area contributed by atoms with Crippen LogP contribution in [-0.2, 0) is 16.2 Å². The maximum atomic E-state index is 11.7. The van der Waals surface area contributed by atoms with Gasteiger partial charge >= 0.3 is 5.97 Å². The molecule has 3 nitrogen and oxygen atoms in total. The quantitative estimate of drug-likeness (QED) is 0.436. The second-order valence-corrected chi connectivity index (χ2v) is 5.66. The summed E-state index contributed by atoms with van der Waals surface area (Å²) in [4.78, 5) is 16.9. The minimum atomic E-state index is -0.114. The first-order chi connectivity index (χ1) is 10.8. The predicted molar refractivity (Wildman–Crippen MR) is 89.0 cm³/mol. The number of hydroxylamine groups is 1. The van der Waals surface area contributed by atoms with E-state index in [1.807, 2.05) is 18.2 Å². The number of unbranched alkanes of at least 4 members (excludes halogenated alkanes) is 4. The zero-order valence-corrected chi connectivity index (χ0v) is 13.4. The summed E-state index contributed by atoms with van der Waals surface area (Å²) in [5.74, 6) is -0.114. The van der Waals surface area contributed by atoms with Crippen LogP contribution < -0.4 is 5.48 Å². The van der Waals surface area contributed by atoms with Crippen molar-refractivity contribution in [1.29, 1.82) is 0 Å². The molecule has 0 bridgehead atoms. The fourth-order valence-corrected chi connectivity index (χ4v) is 2.63. The molecule has 2 rings (SSSR count). The second-order valence-electron chi connectivity index (χ2n) is 5.66. The number of hydrogen-bond donors (Lipinski definition) is 1. The smallest absolute Gasteiger partial charge is 0.0896 e. The fraction of sp³-hybridized carbons (Fsp3) is 0.421. The monoisotopic (exact) mass is 300 g/mol. The van der Waals surface area contributed by atoms with E-state index in [1.54, 1.807) is 5.48 Å². The Balaban J connectivity index is 1.72. The minimum Gasteiger partial charge on any atom is -0.0896 e. The number of carbonyl (C=O) groups excluding carboxylic acids is 1. The van der Waals surface area contributed by atoms with Crippen molar-refractivity contribution in [3.63, 3.8) is 0 Å². The third-order valence-corrected chi connectivity index (χ3v) is 3.88. The molecule has 117 valence electrons. The van der Waals surface area contributed by atoms with Gasteiger partial charge in [0, 0.05) is 5.56 Å². The summed E-state index contributed by atoms with van der Waals surface area (Å²) in [7, 11) is 0. The largest absolute Gasteiger partial charge is 0.638 e. The van der Waals surface area contributed by atoms with Crippen LogP contribution >= 0.6 is 0 Å². The molecule has 0 aromatic heterocycles. The zero-order valence-electron chi connectivity index (χ0n) is 13.4. The molecule has 0 heterocycles. The maximum absolute atomic E-state index is 11.7. The Morgan fingerprint density at radius 3 is 2.64 bits per heavy atom. The SMILES string of the molecule is CCCCCCCC(=[O+])O[NH2+]Cc1cccc2ccccc12. The number of rotatable bonds is 9. The van der Waals surface area contributed by atoms with Crippen molar-refractivity contribution in [3.8, 4) is 0 Å². The molecule has 0 atom stereocenters. The highest BCUT2D eigenvalue weighted by molar-refractivity contribution is 5.85. The van der Waals surface area contributed by atoms with Crippen LogP contribution in [0.25, 0.3) is 10.8 Å². The summed E-state index contributed by atoms with van der Waals surface area (Å²) in [5.41, 5.74) is 2.82. The van der Waals surface area contributed by atoms with Gasteiger partial charge < -0.3 is 0 Å². The number of quaternary nitrogens is 1. The molecule has 0 aliphatic rings. The highest BCUT2D eigenvalue weighted by Gasteiger charge is 2.20. The molecule has 0 saturated carbocycles. The number of hydrogen-bond acceptors (Lipinski definition) is 2. The fourth-order valence-electron chi connectivity index (χ4n) is 2.63. The van der Waals surface area contributed by atoms with Gasteiger partial charge in [-0.2, -0.15) is 0 Å². The van der Waals surface area contributed by atoms with E-state index in [0.29, 0.717) is 13.0 Å². The number of benzene rings is 2. The summed E-state index contributed by atoms with van der Waals surface area (Å²) >= 11 is 0. The van der Waals surface area contributed by atoms with Crippen LogP contribution in [0.3, 0.4) is 0 Å². The third kappa shape index (κ3) is 5.15. The molecule has 0 amide bonds. The third-order valence-electron chi connectivity index (χ3n) is 3.88. The molecule has 0 spiro atoms. The van der Waals surface area contributed by atoms with Gasteiger partial charge in [0.1, 0.15) is 6.42 Å². The van der Waals surface area contributed by atoms with Crippen molar-refractivity contribution in [1.82, 2.24) is 0 Å². The van der Waals surface area contributed by atoms with Crippen molar-refractivity contribution in [2.24, 2.45) is 0 Å². The Bertz CT molecular complexity index is 590. The van der Waals surface area contributed by atoms with E-state index >= 15 is 0 Å². The van der Waals surface area contributed by atoms with Gasteiger partial charge in [0.15, 0.2) is 6.54 Å². The average molecular weight is 300 g/mol. The van der Waals surface area contributed by atoms with Gasteiger partial charge in [0.05, 0.1) is 4.79 Å². The van der Waals surface area contributed by atoms with E-state index < -0.39 is 0 Å². The molecular weight excluding hydrogens is 274 g/mol. The molecule has 0 fully saturated rings. The Kier molecular flexibility index (Phi) is 6.91. The van der Waals surface area contributed by atoms with Crippen LogP contribution in [0.1, 0.15) is 51.0 Å². The molecule has 22 heavy (non-hydrogen) atoms. The van der Waals surface area contributed by atoms with Gasteiger partial charge in [-0.1, -0.05) is 85.4 Å². The summed E-state index contributed by atoms with van der Waals surface area (Å²) in [6, 6.07) is 14.5.